The number of primary amides is 1. The summed E-state index contributed by atoms with van der Waals surface area (Å²) in [7, 11) is 1.40. The van der Waals surface area contributed by atoms with Crippen LogP contribution in [0.4, 0.5) is 0 Å². The van der Waals surface area contributed by atoms with Crippen LogP contribution < -0.4 is 10.5 Å². The standard InChI is InChI=1S/C8H9NO3/c1-12-6-4-2-3-5(7(6)10)8(9)11/h2-4,10H,1H3,(H2,9,11). The van der Waals surface area contributed by atoms with Gasteiger partial charge in [0.25, 0.3) is 5.91 Å². The number of ether oxygens (including phenoxy) is 1. The highest BCUT2D eigenvalue weighted by Gasteiger charge is 2.10. The molecule has 0 unspecified atom stereocenters. The van der Waals surface area contributed by atoms with Gasteiger partial charge in [0.15, 0.2) is 11.5 Å². The summed E-state index contributed by atoms with van der Waals surface area (Å²) in [6, 6.07) is 4.56. The molecule has 0 heterocycles. The molecule has 0 aliphatic heterocycles. The summed E-state index contributed by atoms with van der Waals surface area (Å²) in [4.78, 5) is 10.7. The average molecular weight is 167 g/mol. The van der Waals surface area contributed by atoms with Crippen LogP contribution in [0.25, 0.3) is 0 Å². The van der Waals surface area contributed by atoms with Crippen LogP contribution in [0.15, 0.2) is 18.2 Å². The number of nitrogens with two attached hydrogens (primary N) is 1. The van der Waals surface area contributed by atoms with Gasteiger partial charge in [-0.3, -0.25) is 4.79 Å². The zero-order chi connectivity index (χ0) is 9.14. The van der Waals surface area contributed by atoms with E-state index < -0.39 is 5.91 Å². The molecule has 0 saturated carbocycles. The molecule has 0 radical (unpaired) electrons. The Bertz CT molecular complexity index is 309. The molecule has 64 valence electrons. The Kier molecular flexibility index (Phi) is 2.19. The van der Waals surface area contributed by atoms with Crippen molar-refractivity contribution in [2.45, 2.75) is 0 Å². The monoisotopic (exact) mass is 167 g/mol. The number of rotatable bonds is 2. The van der Waals surface area contributed by atoms with Gasteiger partial charge in [-0.15, -0.1) is 0 Å². The van der Waals surface area contributed by atoms with Crippen molar-refractivity contribution in [3.05, 3.63) is 23.8 Å². The summed E-state index contributed by atoms with van der Waals surface area (Å²) < 4.78 is 4.78. The predicted octanol–water partition coefficient (Wildman–Crippen LogP) is 0.500. The van der Waals surface area contributed by atoms with Crippen LogP contribution in [0.1, 0.15) is 10.4 Å². The number of aromatic hydroxyl groups is 1. The molecule has 3 N–H and O–H groups in total. The number of hydrogen-bond donors (Lipinski definition) is 2. The molecule has 1 amide bonds. The Balaban J connectivity index is 3.23. The van der Waals surface area contributed by atoms with Crippen LogP contribution in [0.2, 0.25) is 0 Å². The molecule has 1 rings (SSSR count). The molecule has 0 aliphatic carbocycles. The van der Waals surface area contributed by atoms with E-state index in [1.54, 1.807) is 12.1 Å². The van der Waals surface area contributed by atoms with Crippen LogP contribution in [0, 0.1) is 0 Å². The van der Waals surface area contributed by atoms with Gasteiger partial charge in [0.05, 0.1) is 12.7 Å². The first kappa shape index (κ1) is 8.39. The molecule has 0 aromatic heterocycles. The Labute approximate surface area is 69.6 Å². The van der Waals surface area contributed by atoms with Gasteiger partial charge in [0.2, 0.25) is 0 Å². The summed E-state index contributed by atoms with van der Waals surface area (Å²) in [6.07, 6.45) is 0. The number of para-hydroxylation sites is 1. The lowest BCUT2D eigenvalue weighted by molar-refractivity contribution is 0.0997. The first-order valence-electron chi connectivity index (χ1n) is 3.32. The van der Waals surface area contributed by atoms with Crippen LogP contribution in [0.5, 0.6) is 11.5 Å². The van der Waals surface area contributed by atoms with Gasteiger partial charge < -0.3 is 15.6 Å². The van der Waals surface area contributed by atoms with Crippen LogP contribution in [-0.2, 0) is 0 Å². The maximum Gasteiger partial charge on any atom is 0.252 e. The first-order chi connectivity index (χ1) is 5.66. The van der Waals surface area contributed by atoms with Crippen molar-refractivity contribution in [1.82, 2.24) is 0 Å². The number of carbonyl (C=O) groups excluding carboxylic acids is 1. The normalized spacial score (nSPS) is 9.42. The molecule has 1 aromatic carbocycles. The van der Waals surface area contributed by atoms with Crippen molar-refractivity contribution >= 4 is 5.91 Å². The lowest BCUT2D eigenvalue weighted by Crippen LogP contribution is -2.11. The zero-order valence-electron chi connectivity index (χ0n) is 6.57. The summed E-state index contributed by atoms with van der Waals surface area (Å²) in [5, 5.41) is 9.33. The van der Waals surface area contributed by atoms with Gasteiger partial charge in [0.1, 0.15) is 0 Å². The zero-order valence-corrected chi connectivity index (χ0v) is 6.57. The van der Waals surface area contributed by atoms with Crippen molar-refractivity contribution in [3.63, 3.8) is 0 Å². The van der Waals surface area contributed by atoms with E-state index in [1.165, 1.54) is 13.2 Å². The van der Waals surface area contributed by atoms with Crippen LogP contribution in [-0.4, -0.2) is 18.1 Å². The largest absolute Gasteiger partial charge is 0.504 e. The number of carbonyl (C=O) groups is 1. The van der Waals surface area contributed by atoms with Crippen molar-refractivity contribution in [1.29, 1.82) is 0 Å². The molecule has 12 heavy (non-hydrogen) atoms. The highest BCUT2D eigenvalue weighted by molar-refractivity contribution is 5.96. The van der Waals surface area contributed by atoms with E-state index >= 15 is 0 Å². The minimum absolute atomic E-state index is 0.0642. The van der Waals surface area contributed by atoms with Gasteiger partial charge in [-0.1, -0.05) is 6.07 Å². The number of phenols is 1. The molecule has 0 aliphatic rings. The fourth-order valence-corrected chi connectivity index (χ4v) is 0.886. The number of methoxy groups -OCH3 is 1. The van der Waals surface area contributed by atoms with E-state index in [1.807, 2.05) is 0 Å². The quantitative estimate of drug-likeness (QED) is 0.673. The Morgan fingerprint density at radius 2 is 2.25 bits per heavy atom. The van der Waals surface area contributed by atoms with Crippen molar-refractivity contribution in [2.24, 2.45) is 5.73 Å². The fraction of sp³-hybridized carbons (Fsp3) is 0.125. The van der Waals surface area contributed by atoms with Crippen molar-refractivity contribution in [3.8, 4) is 11.5 Å². The SMILES string of the molecule is COc1cccc(C(N)=O)c1O. The lowest BCUT2D eigenvalue weighted by Gasteiger charge is -2.04. The molecule has 4 nitrogen and oxygen atoms in total. The average Bonchev–Trinajstić information content (AvgIpc) is 2.04. The highest BCUT2D eigenvalue weighted by atomic mass is 16.5. The molecule has 0 bridgehead atoms. The first-order valence-corrected chi connectivity index (χ1v) is 3.32. The topological polar surface area (TPSA) is 72.5 Å². The Morgan fingerprint density at radius 3 is 2.75 bits per heavy atom. The molecule has 1 aromatic rings. The maximum absolute atomic E-state index is 10.7. The van der Waals surface area contributed by atoms with Crippen LogP contribution in [0.3, 0.4) is 0 Å². The smallest absolute Gasteiger partial charge is 0.252 e. The van der Waals surface area contributed by atoms with E-state index in [9.17, 15) is 9.90 Å². The molecule has 0 saturated heterocycles. The molecular weight excluding hydrogens is 158 g/mol. The summed E-state index contributed by atoms with van der Waals surface area (Å²) in [5.41, 5.74) is 5.05. The van der Waals surface area contributed by atoms with E-state index in [0.717, 1.165) is 0 Å². The molecule has 0 fully saturated rings. The van der Waals surface area contributed by atoms with E-state index in [2.05, 4.69) is 0 Å². The van der Waals surface area contributed by atoms with Gasteiger partial charge in [-0.2, -0.15) is 0 Å². The lowest BCUT2D eigenvalue weighted by atomic mass is 10.2. The maximum atomic E-state index is 10.7. The highest BCUT2D eigenvalue weighted by Crippen LogP contribution is 2.28. The number of amides is 1. The van der Waals surface area contributed by atoms with Crippen molar-refractivity contribution < 1.29 is 14.6 Å². The third-order valence-corrected chi connectivity index (χ3v) is 1.48. The van der Waals surface area contributed by atoms with Crippen LogP contribution >= 0.6 is 0 Å². The molecule has 0 atom stereocenters. The van der Waals surface area contributed by atoms with Gasteiger partial charge >= 0.3 is 0 Å². The predicted molar refractivity (Wildman–Crippen MR) is 43.2 cm³/mol. The molecule has 0 spiro atoms. The summed E-state index contributed by atoms with van der Waals surface area (Å²) in [6.45, 7) is 0. The molecule has 4 heteroatoms. The second-order valence-corrected chi connectivity index (χ2v) is 2.22. The Morgan fingerprint density at radius 1 is 1.58 bits per heavy atom. The number of hydrogen-bond acceptors (Lipinski definition) is 3. The van der Waals surface area contributed by atoms with Gasteiger partial charge in [-0.25, -0.2) is 0 Å². The van der Waals surface area contributed by atoms with Crippen molar-refractivity contribution in [2.75, 3.05) is 7.11 Å². The number of benzene rings is 1. The van der Waals surface area contributed by atoms with E-state index in [-0.39, 0.29) is 17.1 Å². The minimum atomic E-state index is -0.675. The minimum Gasteiger partial charge on any atom is -0.504 e. The van der Waals surface area contributed by atoms with Gasteiger partial charge in [-0.05, 0) is 12.1 Å². The second-order valence-electron chi connectivity index (χ2n) is 2.22. The fourth-order valence-electron chi connectivity index (χ4n) is 0.886. The third kappa shape index (κ3) is 1.32. The van der Waals surface area contributed by atoms with E-state index in [0.29, 0.717) is 0 Å². The third-order valence-electron chi connectivity index (χ3n) is 1.48. The van der Waals surface area contributed by atoms with Gasteiger partial charge in [0, 0.05) is 0 Å². The summed E-state index contributed by atoms with van der Waals surface area (Å²) >= 11 is 0. The molecular formula is C8H9NO3. The van der Waals surface area contributed by atoms with E-state index in [4.69, 9.17) is 10.5 Å². The Hall–Kier alpha value is -1.71. The second kappa shape index (κ2) is 3.13. The summed E-state index contributed by atoms with van der Waals surface area (Å²) in [5.74, 6) is -0.648.